The third kappa shape index (κ3) is 3.94. The Morgan fingerprint density at radius 3 is 2.75 bits per heavy atom. The van der Waals surface area contributed by atoms with Crippen molar-refractivity contribution < 1.29 is 13.5 Å². The maximum atomic E-state index is 14.0. The van der Waals surface area contributed by atoms with Gasteiger partial charge in [-0.25, -0.2) is 4.39 Å². The van der Waals surface area contributed by atoms with Gasteiger partial charge in [-0.1, -0.05) is 42.1 Å². The summed E-state index contributed by atoms with van der Waals surface area (Å²) in [5.41, 5.74) is 1.51. The van der Waals surface area contributed by atoms with Crippen LogP contribution in [0.4, 0.5) is 4.39 Å². The van der Waals surface area contributed by atoms with Gasteiger partial charge < -0.3 is 9.15 Å². The largest absolute Gasteiger partial charge is 0.497 e. The van der Waals surface area contributed by atoms with Gasteiger partial charge in [0.1, 0.15) is 17.3 Å². The van der Waals surface area contributed by atoms with E-state index in [0.717, 1.165) is 17.1 Å². The zero-order valence-electron chi connectivity index (χ0n) is 15.2. The summed E-state index contributed by atoms with van der Waals surface area (Å²) in [5.74, 6) is 2.47. The van der Waals surface area contributed by atoms with Crippen LogP contribution in [0.3, 0.4) is 0 Å². The first kappa shape index (κ1) is 18.3. The first-order valence-corrected chi connectivity index (χ1v) is 9.69. The average molecular weight is 395 g/mol. The number of hydrogen-bond donors (Lipinski definition) is 0. The molecule has 0 aliphatic carbocycles. The molecule has 0 N–H and O–H groups in total. The number of benzene rings is 2. The molecule has 0 bridgehead atoms. The lowest BCUT2D eigenvalue weighted by molar-refractivity contribution is 0.415. The third-order valence-electron chi connectivity index (χ3n) is 4.25. The molecule has 2 aromatic heterocycles. The van der Waals surface area contributed by atoms with E-state index in [0.29, 0.717) is 28.8 Å². The molecule has 0 atom stereocenters. The highest BCUT2D eigenvalue weighted by atomic mass is 32.2. The molecule has 0 aliphatic heterocycles. The van der Waals surface area contributed by atoms with Gasteiger partial charge in [-0.05, 0) is 35.9 Å². The molecule has 0 aliphatic rings. The highest BCUT2D eigenvalue weighted by molar-refractivity contribution is 7.98. The molecule has 28 heavy (non-hydrogen) atoms. The Kier molecular flexibility index (Phi) is 5.43. The molecule has 5 nitrogen and oxygen atoms in total. The maximum absolute atomic E-state index is 14.0. The average Bonchev–Trinajstić information content (AvgIpc) is 3.38. The van der Waals surface area contributed by atoms with Crippen LogP contribution in [0, 0.1) is 5.82 Å². The first-order valence-electron chi connectivity index (χ1n) is 8.71. The first-order chi connectivity index (χ1) is 13.7. The molecule has 0 fully saturated rings. The van der Waals surface area contributed by atoms with Gasteiger partial charge in [0.25, 0.3) is 0 Å². The van der Waals surface area contributed by atoms with E-state index in [1.54, 1.807) is 25.5 Å². The van der Waals surface area contributed by atoms with Gasteiger partial charge in [0.15, 0.2) is 11.0 Å². The summed E-state index contributed by atoms with van der Waals surface area (Å²) < 4.78 is 26.8. The lowest BCUT2D eigenvalue weighted by Crippen LogP contribution is -2.04. The highest BCUT2D eigenvalue weighted by Gasteiger charge is 2.17. The zero-order valence-corrected chi connectivity index (χ0v) is 16.0. The Balaban J connectivity index is 1.67. The normalized spacial score (nSPS) is 10.9. The molecule has 4 rings (SSSR count). The number of aromatic nitrogens is 3. The number of thioether (sulfide) groups is 1. The second kappa shape index (κ2) is 8.31. The SMILES string of the molecule is COc1cccc(-c2nnc(SCc3ccccc3F)n2Cc2ccco2)c1. The van der Waals surface area contributed by atoms with Crippen LogP contribution in [0.1, 0.15) is 11.3 Å². The minimum Gasteiger partial charge on any atom is -0.497 e. The summed E-state index contributed by atoms with van der Waals surface area (Å²) in [6.07, 6.45) is 1.64. The highest BCUT2D eigenvalue weighted by Crippen LogP contribution is 2.29. The number of furan rings is 1. The molecule has 2 heterocycles. The van der Waals surface area contributed by atoms with Crippen molar-refractivity contribution in [2.45, 2.75) is 17.5 Å². The summed E-state index contributed by atoms with van der Waals surface area (Å²) in [7, 11) is 1.63. The minimum absolute atomic E-state index is 0.222. The third-order valence-corrected chi connectivity index (χ3v) is 5.27. The molecule has 4 aromatic rings. The quantitative estimate of drug-likeness (QED) is 0.411. The second-order valence-corrected chi connectivity index (χ2v) is 7.03. The van der Waals surface area contributed by atoms with Gasteiger partial charge in [-0.15, -0.1) is 10.2 Å². The molecule has 0 radical (unpaired) electrons. The number of nitrogens with zero attached hydrogens (tertiary/aromatic N) is 3. The summed E-state index contributed by atoms with van der Waals surface area (Å²) in [6, 6.07) is 18.2. The summed E-state index contributed by atoms with van der Waals surface area (Å²) in [6.45, 7) is 0.478. The van der Waals surface area contributed by atoms with Gasteiger partial charge in [-0.3, -0.25) is 4.57 Å². The van der Waals surface area contributed by atoms with Crippen LogP contribution in [-0.4, -0.2) is 21.9 Å². The topological polar surface area (TPSA) is 53.1 Å². The number of ether oxygens (including phenoxy) is 1. The Bertz CT molecular complexity index is 1060. The molecule has 0 unspecified atom stereocenters. The van der Waals surface area contributed by atoms with Crippen LogP contribution < -0.4 is 4.74 Å². The number of hydrogen-bond acceptors (Lipinski definition) is 5. The number of rotatable bonds is 7. The summed E-state index contributed by atoms with van der Waals surface area (Å²) in [4.78, 5) is 0. The molecule has 0 amide bonds. The fourth-order valence-corrected chi connectivity index (χ4v) is 3.75. The van der Waals surface area contributed by atoms with E-state index in [9.17, 15) is 4.39 Å². The van der Waals surface area contributed by atoms with Crippen molar-refractivity contribution in [2.75, 3.05) is 7.11 Å². The van der Waals surface area contributed by atoms with Gasteiger partial charge in [0.2, 0.25) is 0 Å². The van der Waals surface area contributed by atoms with Gasteiger partial charge in [0, 0.05) is 11.3 Å². The standard InChI is InChI=1S/C21H18FN3O2S/c1-26-17-8-4-7-15(12-17)20-23-24-21(25(20)13-18-9-5-11-27-18)28-14-16-6-2-3-10-19(16)22/h2-12H,13-14H2,1H3. The van der Waals surface area contributed by atoms with Crippen molar-refractivity contribution in [3.05, 3.63) is 84.1 Å². The predicted molar refractivity (Wildman–Crippen MR) is 106 cm³/mol. The van der Waals surface area contributed by atoms with Crippen molar-refractivity contribution in [3.8, 4) is 17.1 Å². The lowest BCUT2D eigenvalue weighted by atomic mass is 10.2. The maximum Gasteiger partial charge on any atom is 0.192 e. The van der Waals surface area contributed by atoms with Crippen molar-refractivity contribution in [2.24, 2.45) is 0 Å². The molecule has 0 saturated carbocycles. The van der Waals surface area contributed by atoms with Crippen LogP contribution in [0.5, 0.6) is 5.75 Å². The number of methoxy groups -OCH3 is 1. The lowest BCUT2D eigenvalue weighted by Gasteiger charge is -2.10. The molecule has 142 valence electrons. The molecule has 0 spiro atoms. The van der Waals surface area contributed by atoms with Crippen molar-refractivity contribution in [1.29, 1.82) is 0 Å². The molecule has 0 saturated heterocycles. The van der Waals surface area contributed by atoms with E-state index in [4.69, 9.17) is 9.15 Å². The fraction of sp³-hybridized carbons (Fsp3) is 0.143. The molecule has 2 aromatic carbocycles. The van der Waals surface area contributed by atoms with E-state index in [1.165, 1.54) is 17.8 Å². The number of halogens is 1. The molecular formula is C21H18FN3O2S. The smallest absolute Gasteiger partial charge is 0.192 e. The predicted octanol–water partition coefficient (Wildman–Crippen LogP) is 5.03. The van der Waals surface area contributed by atoms with Crippen LogP contribution in [-0.2, 0) is 12.3 Å². The van der Waals surface area contributed by atoms with Gasteiger partial charge >= 0.3 is 0 Å². The van der Waals surface area contributed by atoms with Crippen molar-refractivity contribution in [1.82, 2.24) is 14.8 Å². The van der Waals surface area contributed by atoms with Gasteiger partial charge in [-0.2, -0.15) is 0 Å². The monoisotopic (exact) mass is 395 g/mol. The van der Waals surface area contributed by atoms with E-state index in [-0.39, 0.29) is 5.82 Å². The molecular weight excluding hydrogens is 377 g/mol. The van der Waals surface area contributed by atoms with Crippen LogP contribution in [0.25, 0.3) is 11.4 Å². The van der Waals surface area contributed by atoms with Crippen LogP contribution >= 0.6 is 11.8 Å². The van der Waals surface area contributed by atoms with Crippen molar-refractivity contribution in [3.63, 3.8) is 0 Å². The van der Waals surface area contributed by atoms with E-state index in [2.05, 4.69) is 10.2 Å². The Morgan fingerprint density at radius 2 is 1.96 bits per heavy atom. The summed E-state index contributed by atoms with van der Waals surface area (Å²) in [5, 5.41) is 9.41. The van der Waals surface area contributed by atoms with Crippen molar-refractivity contribution >= 4 is 11.8 Å². The zero-order chi connectivity index (χ0) is 19.3. The Hall–Kier alpha value is -3.06. The Morgan fingerprint density at radius 1 is 1.07 bits per heavy atom. The second-order valence-electron chi connectivity index (χ2n) is 6.08. The van der Waals surface area contributed by atoms with Gasteiger partial charge in [0.05, 0.1) is 19.9 Å². The summed E-state index contributed by atoms with van der Waals surface area (Å²) >= 11 is 1.44. The Labute approximate surface area is 166 Å². The van der Waals surface area contributed by atoms with E-state index >= 15 is 0 Å². The van der Waals surface area contributed by atoms with E-state index in [1.807, 2.05) is 47.0 Å². The van der Waals surface area contributed by atoms with Crippen LogP contribution in [0.2, 0.25) is 0 Å². The fourth-order valence-electron chi connectivity index (χ4n) is 2.83. The van der Waals surface area contributed by atoms with E-state index < -0.39 is 0 Å². The molecule has 7 heteroatoms. The minimum atomic E-state index is -0.222. The van der Waals surface area contributed by atoms with Crippen LogP contribution in [0.15, 0.2) is 76.5 Å².